The lowest BCUT2D eigenvalue weighted by Gasteiger charge is -2.04. The highest BCUT2D eigenvalue weighted by molar-refractivity contribution is 5.85. The average molecular weight is 260 g/mol. The van der Waals surface area contributed by atoms with Crippen LogP contribution in [0.15, 0.2) is 18.2 Å². The second-order valence-corrected chi connectivity index (χ2v) is 5.62. The highest BCUT2D eigenvalue weighted by Crippen LogP contribution is 2.27. The number of benzene rings is 1. The maximum Gasteiger partial charge on any atom is 0.125 e. The van der Waals surface area contributed by atoms with Crippen molar-refractivity contribution < 1.29 is 4.39 Å². The Kier molecular flexibility index (Phi) is 3.31. The second kappa shape index (κ2) is 4.97. The topological polar surface area (TPSA) is 17.0 Å². The van der Waals surface area contributed by atoms with Crippen LogP contribution in [0.1, 0.15) is 30.5 Å². The first kappa shape index (κ1) is 12.7. The van der Waals surface area contributed by atoms with Crippen LogP contribution in [-0.2, 0) is 13.5 Å². The quantitative estimate of drug-likeness (QED) is 0.816. The molecule has 1 saturated carbocycles. The molecule has 3 rings (SSSR count). The first-order chi connectivity index (χ1) is 9.16. The van der Waals surface area contributed by atoms with Gasteiger partial charge in [-0.25, -0.2) is 4.39 Å². The third-order valence-electron chi connectivity index (χ3n) is 4.20. The van der Waals surface area contributed by atoms with Gasteiger partial charge in [-0.05, 0) is 62.9 Å². The smallest absolute Gasteiger partial charge is 0.125 e. The largest absolute Gasteiger partial charge is 0.348 e. The molecule has 1 fully saturated rings. The van der Waals surface area contributed by atoms with Crippen LogP contribution in [0.2, 0.25) is 0 Å². The van der Waals surface area contributed by atoms with Crippen LogP contribution in [-0.4, -0.2) is 17.2 Å². The molecule has 1 aliphatic carbocycles. The number of aryl methyl sites for hydroxylation is 2. The molecule has 0 aliphatic heterocycles. The first-order valence-electron chi connectivity index (χ1n) is 7.13. The zero-order valence-corrected chi connectivity index (χ0v) is 11.7. The number of nitrogens with one attached hydrogen (secondary N) is 1. The van der Waals surface area contributed by atoms with Crippen molar-refractivity contribution in [3.63, 3.8) is 0 Å². The van der Waals surface area contributed by atoms with Gasteiger partial charge in [0, 0.05) is 24.2 Å². The van der Waals surface area contributed by atoms with Crippen molar-refractivity contribution in [3.8, 4) is 0 Å². The van der Waals surface area contributed by atoms with E-state index in [1.54, 1.807) is 12.1 Å². The summed E-state index contributed by atoms with van der Waals surface area (Å²) in [6.07, 6.45) is 4.89. The maximum atomic E-state index is 13.3. The van der Waals surface area contributed by atoms with E-state index in [-0.39, 0.29) is 5.82 Å². The lowest BCUT2D eigenvalue weighted by atomic mass is 10.1. The molecule has 1 aromatic heterocycles. The standard InChI is InChI=1S/C16H21FN2/c1-11-14(4-3-9-18-13-6-7-13)15-8-5-12(17)10-16(15)19(11)2/h5,8,10,13,18H,3-4,6-7,9H2,1-2H3. The predicted octanol–water partition coefficient (Wildman–Crippen LogP) is 3.31. The maximum absolute atomic E-state index is 13.3. The molecule has 102 valence electrons. The molecule has 0 unspecified atom stereocenters. The van der Waals surface area contributed by atoms with Crippen LogP contribution in [0.25, 0.3) is 10.9 Å². The molecule has 2 aromatic rings. The second-order valence-electron chi connectivity index (χ2n) is 5.62. The van der Waals surface area contributed by atoms with Crippen molar-refractivity contribution in [1.82, 2.24) is 9.88 Å². The monoisotopic (exact) mass is 260 g/mol. The molecular formula is C16H21FN2. The Balaban J connectivity index is 1.79. The lowest BCUT2D eigenvalue weighted by molar-refractivity contribution is 0.629. The van der Waals surface area contributed by atoms with Crippen LogP contribution < -0.4 is 5.32 Å². The van der Waals surface area contributed by atoms with Crippen LogP contribution >= 0.6 is 0 Å². The van der Waals surface area contributed by atoms with Crippen molar-refractivity contribution in [3.05, 3.63) is 35.3 Å². The normalized spacial score (nSPS) is 15.3. The van der Waals surface area contributed by atoms with Crippen LogP contribution in [0, 0.1) is 12.7 Å². The van der Waals surface area contributed by atoms with E-state index in [0.29, 0.717) is 0 Å². The zero-order valence-electron chi connectivity index (χ0n) is 11.7. The molecule has 3 heteroatoms. The number of hydrogen-bond acceptors (Lipinski definition) is 1. The van der Waals surface area contributed by atoms with Crippen molar-refractivity contribution in [2.75, 3.05) is 6.54 Å². The predicted molar refractivity (Wildman–Crippen MR) is 77.0 cm³/mol. The molecule has 0 spiro atoms. The summed E-state index contributed by atoms with van der Waals surface area (Å²) in [5.41, 5.74) is 3.63. The summed E-state index contributed by atoms with van der Waals surface area (Å²) in [7, 11) is 2.02. The van der Waals surface area contributed by atoms with E-state index in [4.69, 9.17) is 0 Å². The summed E-state index contributed by atoms with van der Waals surface area (Å²) >= 11 is 0. The van der Waals surface area contributed by atoms with Crippen LogP contribution in [0.5, 0.6) is 0 Å². The van der Waals surface area contributed by atoms with E-state index in [9.17, 15) is 4.39 Å². The molecule has 19 heavy (non-hydrogen) atoms. The molecule has 0 saturated heterocycles. The summed E-state index contributed by atoms with van der Waals surface area (Å²) in [5.74, 6) is -0.157. The van der Waals surface area contributed by atoms with Gasteiger partial charge >= 0.3 is 0 Å². The fourth-order valence-electron chi connectivity index (χ4n) is 2.79. The fraction of sp³-hybridized carbons (Fsp3) is 0.500. The number of halogens is 1. The number of hydrogen-bond donors (Lipinski definition) is 1. The molecule has 2 nitrogen and oxygen atoms in total. The highest BCUT2D eigenvalue weighted by Gasteiger charge is 2.19. The Bertz CT molecular complexity index is 596. The Morgan fingerprint density at radius 2 is 2.16 bits per heavy atom. The molecular weight excluding hydrogens is 239 g/mol. The number of nitrogens with zero attached hydrogens (tertiary/aromatic N) is 1. The molecule has 1 aliphatic rings. The van der Waals surface area contributed by atoms with E-state index in [2.05, 4.69) is 16.8 Å². The Morgan fingerprint density at radius 3 is 2.89 bits per heavy atom. The van der Waals surface area contributed by atoms with Crippen LogP contribution in [0.4, 0.5) is 4.39 Å². The summed E-state index contributed by atoms with van der Waals surface area (Å²) in [5, 5.41) is 4.75. The van der Waals surface area contributed by atoms with Gasteiger partial charge in [0.25, 0.3) is 0 Å². The summed E-state index contributed by atoms with van der Waals surface area (Å²) < 4.78 is 15.4. The van der Waals surface area contributed by atoms with E-state index in [1.165, 1.54) is 29.5 Å². The van der Waals surface area contributed by atoms with E-state index < -0.39 is 0 Å². The summed E-state index contributed by atoms with van der Waals surface area (Å²) in [6, 6.07) is 5.89. The average Bonchev–Trinajstić information content (AvgIpc) is 3.18. The minimum absolute atomic E-state index is 0.157. The van der Waals surface area contributed by atoms with Gasteiger partial charge in [0.1, 0.15) is 5.82 Å². The molecule has 0 bridgehead atoms. The summed E-state index contributed by atoms with van der Waals surface area (Å²) in [6.45, 7) is 3.21. The van der Waals surface area contributed by atoms with Gasteiger partial charge in [0.2, 0.25) is 0 Å². The van der Waals surface area contributed by atoms with Gasteiger partial charge in [0.05, 0.1) is 5.52 Å². The lowest BCUT2D eigenvalue weighted by Crippen LogP contribution is -2.17. The van der Waals surface area contributed by atoms with Crippen LogP contribution in [0.3, 0.4) is 0 Å². The third-order valence-corrected chi connectivity index (χ3v) is 4.20. The van der Waals surface area contributed by atoms with Crippen molar-refractivity contribution in [2.24, 2.45) is 7.05 Å². The summed E-state index contributed by atoms with van der Waals surface area (Å²) in [4.78, 5) is 0. The Morgan fingerprint density at radius 1 is 1.37 bits per heavy atom. The third kappa shape index (κ3) is 2.52. The molecule has 0 atom stereocenters. The van der Waals surface area contributed by atoms with Gasteiger partial charge < -0.3 is 9.88 Å². The molecule has 1 aromatic carbocycles. The van der Waals surface area contributed by atoms with E-state index in [1.807, 2.05) is 13.1 Å². The van der Waals surface area contributed by atoms with Gasteiger partial charge in [-0.2, -0.15) is 0 Å². The first-order valence-corrected chi connectivity index (χ1v) is 7.13. The van der Waals surface area contributed by atoms with Gasteiger partial charge in [0.15, 0.2) is 0 Å². The minimum Gasteiger partial charge on any atom is -0.348 e. The minimum atomic E-state index is -0.157. The van der Waals surface area contributed by atoms with Gasteiger partial charge in [-0.3, -0.25) is 0 Å². The molecule has 1 N–H and O–H groups in total. The molecule has 0 amide bonds. The van der Waals surface area contributed by atoms with E-state index in [0.717, 1.165) is 30.9 Å². The molecule has 1 heterocycles. The molecule has 0 radical (unpaired) electrons. The SMILES string of the molecule is Cc1c(CCCNC2CC2)c2ccc(F)cc2n1C. The number of fused-ring (bicyclic) bond motifs is 1. The van der Waals surface area contributed by atoms with Gasteiger partial charge in [-0.1, -0.05) is 0 Å². The fourth-order valence-corrected chi connectivity index (χ4v) is 2.79. The Hall–Kier alpha value is -1.35. The highest BCUT2D eigenvalue weighted by atomic mass is 19.1. The zero-order chi connectivity index (χ0) is 13.4. The van der Waals surface area contributed by atoms with Crippen molar-refractivity contribution in [1.29, 1.82) is 0 Å². The van der Waals surface area contributed by atoms with Gasteiger partial charge in [-0.15, -0.1) is 0 Å². The Labute approximate surface area is 113 Å². The number of rotatable bonds is 5. The van der Waals surface area contributed by atoms with Crippen molar-refractivity contribution >= 4 is 10.9 Å². The van der Waals surface area contributed by atoms with E-state index >= 15 is 0 Å². The van der Waals surface area contributed by atoms with Crippen molar-refractivity contribution in [2.45, 2.75) is 38.6 Å². The number of aromatic nitrogens is 1.